The number of carbonyl (C=O) groups excluding carboxylic acids is 1. The molecule has 0 aliphatic heterocycles. The summed E-state index contributed by atoms with van der Waals surface area (Å²) in [7, 11) is 1.64. The molecule has 0 aromatic heterocycles. The van der Waals surface area contributed by atoms with E-state index in [0.29, 0.717) is 0 Å². The molecule has 0 saturated heterocycles. The second-order valence-corrected chi connectivity index (χ2v) is 5.85. The molecular weight excluding hydrogens is 252 g/mol. The van der Waals surface area contributed by atoms with E-state index in [1.807, 2.05) is 38.1 Å². The van der Waals surface area contributed by atoms with Crippen molar-refractivity contribution in [2.45, 2.75) is 45.2 Å². The Balaban J connectivity index is 2.11. The first-order chi connectivity index (χ1) is 9.49. The molecular formula is C16H24N2O2. The van der Waals surface area contributed by atoms with Crippen LogP contribution in [-0.4, -0.2) is 19.1 Å². The minimum atomic E-state index is -0.448. The predicted octanol–water partition coefficient (Wildman–Crippen LogP) is 2.39. The summed E-state index contributed by atoms with van der Waals surface area (Å²) >= 11 is 0. The molecule has 20 heavy (non-hydrogen) atoms. The van der Waals surface area contributed by atoms with Crippen LogP contribution in [0, 0.1) is 5.41 Å². The Bertz CT molecular complexity index is 489. The maximum absolute atomic E-state index is 12.5. The number of nitrogens with one attached hydrogen (secondary N) is 1. The summed E-state index contributed by atoms with van der Waals surface area (Å²) in [5, 5.41) is 3.08. The third kappa shape index (κ3) is 2.66. The van der Waals surface area contributed by atoms with Gasteiger partial charge in [0.15, 0.2) is 0 Å². The van der Waals surface area contributed by atoms with E-state index in [1.165, 1.54) is 0 Å². The van der Waals surface area contributed by atoms with Gasteiger partial charge in [0.1, 0.15) is 5.75 Å². The summed E-state index contributed by atoms with van der Waals surface area (Å²) in [6.45, 7) is 3.94. The molecule has 4 heteroatoms. The Kier molecular flexibility index (Phi) is 4.33. The van der Waals surface area contributed by atoms with Crippen LogP contribution < -0.4 is 15.8 Å². The molecule has 2 rings (SSSR count). The standard InChI is InChI=1S/C16H24N2O2/c1-11(12-7-4-5-8-13(12)20-3)18-15(19)16(2)10-6-9-14(16)17/h4-5,7-8,11,14H,6,9-10,17H2,1-3H3,(H,18,19)/t11-,14?,16?/m0/s1. The number of nitrogens with two attached hydrogens (primary N) is 1. The van der Waals surface area contributed by atoms with Crippen LogP contribution in [0.2, 0.25) is 0 Å². The molecule has 0 radical (unpaired) electrons. The summed E-state index contributed by atoms with van der Waals surface area (Å²) in [5.74, 6) is 0.835. The first kappa shape index (κ1) is 14.9. The van der Waals surface area contributed by atoms with Crippen molar-refractivity contribution < 1.29 is 9.53 Å². The van der Waals surface area contributed by atoms with Crippen LogP contribution in [0.3, 0.4) is 0 Å². The minimum absolute atomic E-state index is 0.0425. The van der Waals surface area contributed by atoms with E-state index in [9.17, 15) is 4.79 Å². The monoisotopic (exact) mass is 276 g/mol. The van der Waals surface area contributed by atoms with Crippen molar-refractivity contribution in [1.29, 1.82) is 0 Å². The summed E-state index contributed by atoms with van der Waals surface area (Å²) in [6, 6.07) is 7.60. The largest absolute Gasteiger partial charge is 0.496 e. The number of para-hydroxylation sites is 1. The van der Waals surface area contributed by atoms with Crippen molar-refractivity contribution in [2.75, 3.05) is 7.11 Å². The van der Waals surface area contributed by atoms with E-state index < -0.39 is 5.41 Å². The van der Waals surface area contributed by atoms with Crippen LogP contribution in [0.4, 0.5) is 0 Å². The number of hydrogen-bond donors (Lipinski definition) is 2. The quantitative estimate of drug-likeness (QED) is 0.887. The zero-order valence-electron chi connectivity index (χ0n) is 12.5. The van der Waals surface area contributed by atoms with Gasteiger partial charge in [0.2, 0.25) is 5.91 Å². The Morgan fingerprint density at radius 1 is 1.50 bits per heavy atom. The second-order valence-electron chi connectivity index (χ2n) is 5.85. The normalized spacial score (nSPS) is 27.1. The van der Waals surface area contributed by atoms with Crippen LogP contribution in [-0.2, 0) is 4.79 Å². The third-order valence-corrected chi connectivity index (χ3v) is 4.50. The molecule has 1 amide bonds. The number of hydrogen-bond acceptors (Lipinski definition) is 3. The molecule has 1 fully saturated rings. The van der Waals surface area contributed by atoms with Crippen molar-refractivity contribution in [1.82, 2.24) is 5.32 Å². The zero-order chi connectivity index (χ0) is 14.8. The molecule has 2 unspecified atom stereocenters. The van der Waals surface area contributed by atoms with E-state index in [2.05, 4.69) is 5.32 Å². The molecule has 0 bridgehead atoms. The van der Waals surface area contributed by atoms with Crippen LogP contribution in [0.5, 0.6) is 5.75 Å². The average Bonchev–Trinajstić information content (AvgIpc) is 2.79. The van der Waals surface area contributed by atoms with Gasteiger partial charge >= 0.3 is 0 Å². The highest BCUT2D eigenvalue weighted by Gasteiger charge is 2.43. The SMILES string of the molecule is COc1ccccc1[C@H](C)NC(=O)C1(C)CCCC1N. The first-order valence-electron chi connectivity index (χ1n) is 7.18. The number of benzene rings is 1. The fourth-order valence-corrected chi connectivity index (χ4v) is 2.94. The maximum Gasteiger partial charge on any atom is 0.227 e. The number of amides is 1. The summed E-state index contributed by atoms with van der Waals surface area (Å²) < 4.78 is 5.34. The van der Waals surface area contributed by atoms with Crippen LogP contribution >= 0.6 is 0 Å². The van der Waals surface area contributed by atoms with Crippen molar-refractivity contribution in [3.8, 4) is 5.75 Å². The molecule has 3 atom stereocenters. The van der Waals surface area contributed by atoms with Crippen LogP contribution in [0.15, 0.2) is 24.3 Å². The van der Waals surface area contributed by atoms with Gasteiger partial charge in [-0.25, -0.2) is 0 Å². The molecule has 0 spiro atoms. The lowest BCUT2D eigenvalue weighted by Crippen LogP contribution is -2.47. The second kappa shape index (κ2) is 5.83. The van der Waals surface area contributed by atoms with E-state index in [4.69, 9.17) is 10.5 Å². The number of rotatable bonds is 4. The highest BCUT2D eigenvalue weighted by atomic mass is 16.5. The molecule has 1 aromatic rings. The molecule has 1 aliphatic carbocycles. The summed E-state index contributed by atoms with van der Waals surface area (Å²) in [4.78, 5) is 12.5. The third-order valence-electron chi connectivity index (χ3n) is 4.50. The van der Waals surface area contributed by atoms with Gasteiger partial charge in [-0.1, -0.05) is 24.6 Å². The van der Waals surface area contributed by atoms with E-state index in [0.717, 1.165) is 30.6 Å². The number of carbonyl (C=O) groups is 1. The van der Waals surface area contributed by atoms with Crippen molar-refractivity contribution in [2.24, 2.45) is 11.1 Å². The molecule has 110 valence electrons. The highest BCUT2D eigenvalue weighted by molar-refractivity contribution is 5.83. The molecule has 0 heterocycles. The fraction of sp³-hybridized carbons (Fsp3) is 0.562. The lowest BCUT2D eigenvalue weighted by Gasteiger charge is -2.29. The summed E-state index contributed by atoms with van der Waals surface area (Å²) in [5.41, 5.74) is 6.64. The highest BCUT2D eigenvalue weighted by Crippen LogP contribution is 2.37. The van der Waals surface area contributed by atoms with Crippen molar-refractivity contribution in [3.05, 3.63) is 29.8 Å². The van der Waals surface area contributed by atoms with Gasteiger partial charge in [-0.2, -0.15) is 0 Å². The minimum Gasteiger partial charge on any atom is -0.496 e. The van der Waals surface area contributed by atoms with E-state index in [-0.39, 0.29) is 18.0 Å². The Morgan fingerprint density at radius 3 is 2.80 bits per heavy atom. The molecule has 3 N–H and O–H groups in total. The van der Waals surface area contributed by atoms with E-state index in [1.54, 1.807) is 7.11 Å². The number of ether oxygens (including phenoxy) is 1. The van der Waals surface area contributed by atoms with Gasteiger partial charge in [-0.15, -0.1) is 0 Å². The zero-order valence-corrected chi connectivity index (χ0v) is 12.5. The average molecular weight is 276 g/mol. The van der Waals surface area contributed by atoms with Gasteiger partial charge in [0, 0.05) is 11.6 Å². The molecule has 4 nitrogen and oxygen atoms in total. The van der Waals surface area contributed by atoms with Crippen LogP contribution in [0.25, 0.3) is 0 Å². The Labute approximate surface area is 120 Å². The Hall–Kier alpha value is -1.55. The molecule has 1 aromatic carbocycles. The predicted molar refractivity (Wildman–Crippen MR) is 79.5 cm³/mol. The fourth-order valence-electron chi connectivity index (χ4n) is 2.94. The Morgan fingerprint density at radius 2 is 2.20 bits per heavy atom. The lowest BCUT2D eigenvalue weighted by molar-refractivity contribution is -0.131. The summed E-state index contributed by atoms with van der Waals surface area (Å²) in [6.07, 6.45) is 2.81. The van der Waals surface area contributed by atoms with Gasteiger partial charge in [0.05, 0.1) is 18.6 Å². The van der Waals surface area contributed by atoms with E-state index >= 15 is 0 Å². The van der Waals surface area contributed by atoms with Gasteiger partial charge in [0.25, 0.3) is 0 Å². The maximum atomic E-state index is 12.5. The first-order valence-corrected chi connectivity index (χ1v) is 7.18. The molecule has 1 saturated carbocycles. The lowest BCUT2D eigenvalue weighted by atomic mass is 9.84. The number of methoxy groups -OCH3 is 1. The van der Waals surface area contributed by atoms with Crippen molar-refractivity contribution >= 4 is 5.91 Å². The topological polar surface area (TPSA) is 64.3 Å². The van der Waals surface area contributed by atoms with Gasteiger partial charge < -0.3 is 15.8 Å². The smallest absolute Gasteiger partial charge is 0.227 e. The van der Waals surface area contributed by atoms with Crippen molar-refractivity contribution in [3.63, 3.8) is 0 Å². The molecule has 1 aliphatic rings. The van der Waals surface area contributed by atoms with Gasteiger partial charge in [-0.05, 0) is 32.8 Å². The van der Waals surface area contributed by atoms with Gasteiger partial charge in [-0.3, -0.25) is 4.79 Å². The van der Waals surface area contributed by atoms with Crippen LogP contribution in [0.1, 0.15) is 44.7 Å².